The van der Waals surface area contributed by atoms with Crippen molar-refractivity contribution in [2.24, 2.45) is 17.0 Å². The minimum Gasteiger partial charge on any atom is -0.381 e. The summed E-state index contributed by atoms with van der Waals surface area (Å²) < 4.78 is 0. The number of ketones is 2. The Morgan fingerprint density at radius 2 is 1.93 bits per heavy atom. The van der Waals surface area contributed by atoms with Gasteiger partial charge in [0.05, 0.1) is 5.70 Å². The maximum absolute atomic E-state index is 13.3. The van der Waals surface area contributed by atoms with E-state index in [9.17, 15) is 14.5 Å². The Labute approximate surface area is 181 Å². The maximum atomic E-state index is 13.3. The Balaban J connectivity index is 0.00000141. The third kappa shape index (κ3) is 6.89. The molecule has 2 aliphatic carbocycles. The first-order valence-electron chi connectivity index (χ1n) is 11.2. The second-order valence-electron chi connectivity index (χ2n) is 8.52. The lowest BCUT2D eigenvalue weighted by molar-refractivity contribution is -0.117. The van der Waals surface area contributed by atoms with E-state index >= 15 is 0 Å². The minimum absolute atomic E-state index is 0.169. The number of hydrogen-bond acceptors (Lipinski definition) is 5. The van der Waals surface area contributed by atoms with Crippen LogP contribution in [0, 0.1) is 16.7 Å². The smallest absolute Gasteiger partial charge is 0.213 e. The molecule has 30 heavy (non-hydrogen) atoms. The summed E-state index contributed by atoms with van der Waals surface area (Å²) in [4.78, 5) is 38.0. The second kappa shape index (κ2) is 13.1. The van der Waals surface area contributed by atoms with Crippen molar-refractivity contribution in [2.75, 3.05) is 6.54 Å². The van der Waals surface area contributed by atoms with E-state index in [0.717, 1.165) is 38.5 Å². The fraction of sp³-hybridized carbons (Fsp3) is 0.600. The van der Waals surface area contributed by atoms with Crippen molar-refractivity contribution in [2.45, 2.75) is 79.6 Å². The molecule has 5 nitrogen and oxygen atoms in total. The SMILES string of the molecule is C=CC.CCCCCC1=C(NCC(C)C)C(=O)C([C@@H]2C=C(C)CCC2)=C(N=O)C1=O. The van der Waals surface area contributed by atoms with Crippen LogP contribution in [-0.4, -0.2) is 18.1 Å². The number of hydrogen-bond donors (Lipinski definition) is 1. The van der Waals surface area contributed by atoms with Gasteiger partial charge in [-0.3, -0.25) is 9.59 Å². The van der Waals surface area contributed by atoms with E-state index < -0.39 is 0 Å². The first-order valence-corrected chi connectivity index (χ1v) is 11.2. The van der Waals surface area contributed by atoms with Gasteiger partial charge in [-0.25, -0.2) is 0 Å². The van der Waals surface area contributed by atoms with E-state index in [1.54, 1.807) is 6.08 Å². The highest BCUT2D eigenvalue weighted by molar-refractivity contribution is 6.25. The summed E-state index contributed by atoms with van der Waals surface area (Å²) in [6.07, 6.45) is 9.82. The highest BCUT2D eigenvalue weighted by Crippen LogP contribution is 2.36. The average Bonchev–Trinajstić information content (AvgIpc) is 2.69. The molecule has 0 saturated heterocycles. The lowest BCUT2D eigenvalue weighted by Gasteiger charge is -2.28. The Morgan fingerprint density at radius 3 is 2.47 bits per heavy atom. The number of rotatable bonds is 9. The highest BCUT2D eigenvalue weighted by Gasteiger charge is 2.38. The number of nitrogens with one attached hydrogen (secondary N) is 1. The van der Waals surface area contributed by atoms with Crippen LogP contribution in [-0.2, 0) is 9.59 Å². The van der Waals surface area contributed by atoms with Crippen LogP contribution in [0.5, 0.6) is 0 Å². The van der Waals surface area contributed by atoms with E-state index in [1.807, 2.05) is 19.9 Å². The fourth-order valence-electron chi connectivity index (χ4n) is 3.81. The number of unbranched alkanes of at least 4 members (excludes halogenated alkanes) is 2. The van der Waals surface area contributed by atoms with Crippen molar-refractivity contribution < 1.29 is 9.59 Å². The molecule has 0 saturated carbocycles. The Morgan fingerprint density at radius 1 is 1.27 bits per heavy atom. The molecular weight excluding hydrogens is 376 g/mol. The third-order valence-corrected chi connectivity index (χ3v) is 5.27. The van der Waals surface area contributed by atoms with Gasteiger partial charge in [0.15, 0.2) is 5.70 Å². The molecule has 0 bridgehead atoms. The quantitative estimate of drug-likeness (QED) is 0.212. The summed E-state index contributed by atoms with van der Waals surface area (Å²) in [5, 5.41) is 6.25. The zero-order chi connectivity index (χ0) is 22.7. The molecule has 0 unspecified atom stereocenters. The highest BCUT2D eigenvalue weighted by atomic mass is 16.3. The standard InChI is InChI=1S/C22H32N2O3.C3H6/c1-5-6-7-11-17-19(23-13-14(2)3)22(26)18(20(24-27)21(17)25)16-10-8-9-15(4)12-16;1-3-2/h12,14,16,23H,5-11,13H2,1-4H3;3H,1H2,2H3/t16-;/m0./s1. The van der Waals surface area contributed by atoms with Crippen LogP contribution < -0.4 is 5.32 Å². The Kier molecular flexibility index (Phi) is 11.2. The molecule has 5 heteroatoms. The van der Waals surface area contributed by atoms with Crippen molar-refractivity contribution >= 4 is 11.6 Å². The monoisotopic (exact) mass is 414 g/mol. The summed E-state index contributed by atoms with van der Waals surface area (Å²) >= 11 is 0. The summed E-state index contributed by atoms with van der Waals surface area (Å²) in [5.41, 5.74) is 2.14. The van der Waals surface area contributed by atoms with Gasteiger partial charge in [0.25, 0.3) is 0 Å². The van der Waals surface area contributed by atoms with E-state index in [0.29, 0.717) is 35.7 Å². The molecule has 2 aliphatic rings. The van der Waals surface area contributed by atoms with Gasteiger partial charge >= 0.3 is 0 Å². The van der Waals surface area contributed by atoms with Crippen molar-refractivity contribution in [3.8, 4) is 0 Å². The topological polar surface area (TPSA) is 75.6 Å². The van der Waals surface area contributed by atoms with Crippen molar-refractivity contribution in [1.82, 2.24) is 5.32 Å². The van der Waals surface area contributed by atoms with Gasteiger partial charge in [0.2, 0.25) is 11.6 Å². The van der Waals surface area contributed by atoms with Crippen LogP contribution in [0.15, 0.2) is 52.0 Å². The molecule has 0 amide bonds. The maximum Gasteiger partial charge on any atom is 0.213 e. The summed E-state index contributed by atoms with van der Waals surface area (Å²) in [6, 6.07) is 0. The van der Waals surface area contributed by atoms with Crippen LogP contribution in [0.3, 0.4) is 0 Å². The van der Waals surface area contributed by atoms with Crippen molar-refractivity contribution in [3.63, 3.8) is 0 Å². The number of nitrogens with zero attached hydrogens (tertiary/aromatic N) is 1. The van der Waals surface area contributed by atoms with E-state index in [1.165, 1.54) is 5.57 Å². The lowest BCUT2D eigenvalue weighted by Crippen LogP contribution is -2.35. The molecule has 0 aromatic rings. The number of Topliss-reactive ketones (excluding diaryl/α,β-unsaturated/α-hetero) is 2. The normalized spacial score (nSPS) is 19.4. The summed E-state index contributed by atoms with van der Waals surface area (Å²) in [6.45, 7) is 14.1. The second-order valence-corrected chi connectivity index (χ2v) is 8.52. The van der Waals surface area contributed by atoms with Gasteiger partial charge in [-0.2, -0.15) is 0 Å². The molecule has 0 aromatic carbocycles. The molecule has 2 rings (SSSR count). The van der Waals surface area contributed by atoms with Gasteiger partial charge in [0, 0.05) is 23.6 Å². The van der Waals surface area contributed by atoms with Crippen LogP contribution in [0.4, 0.5) is 0 Å². The van der Waals surface area contributed by atoms with E-state index in [-0.39, 0.29) is 23.2 Å². The molecule has 0 fully saturated rings. The van der Waals surface area contributed by atoms with Crippen LogP contribution in [0.25, 0.3) is 0 Å². The largest absolute Gasteiger partial charge is 0.381 e. The predicted molar refractivity (Wildman–Crippen MR) is 124 cm³/mol. The van der Waals surface area contributed by atoms with Crippen LogP contribution >= 0.6 is 0 Å². The first-order chi connectivity index (χ1) is 14.3. The molecular formula is C25H38N2O3. The third-order valence-electron chi connectivity index (χ3n) is 5.27. The molecule has 0 heterocycles. The lowest BCUT2D eigenvalue weighted by atomic mass is 9.78. The number of carbonyl (C=O) groups is 2. The van der Waals surface area contributed by atoms with Crippen molar-refractivity contribution in [1.29, 1.82) is 0 Å². The Bertz CT molecular complexity index is 741. The molecule has 0 aromatic heterocycles. The minimum atomic E-state index is -0.362. The van der Waals surface area contributed by atoms with Gasteiger partial charge in [-0.15, -0.1) is 11.5 Å². The fourth-order valence-corrected chi connectivity index (χ4v) is 3.81. The van der Waals surface area contributed by atoms with Gasteiger partial charge in [-0.05, 0) is 57.0 Å². The zero-order valence-corrected chi connectivity index (χ0v) is 19.3. The zero-order valence-electron chi connectivity index (χ0n) is 19.3. The van der Waals surface area contributed by atoms with E-state index in [4.69, 9.17) is 0 Å². The molecule has 166 valence electrons. The summed E-state index contributed by atoms with van der Waals surface area (Å²) in [5.74, 6) is -0.436. The van der Waals surface area contributed by atoms with Crippen molar-refractivity contribution in [3.05, 3.63) is 51.8 Å². The van der Waals surface area contributed by atoms with Gasteiger partial charge < -0.3 is 5.32 Å². The van der Waals surface area contributed by atoms with Crippen LogP contribution in [0.1, 0.15) is 79.6 Å². The summed E-state index contributed by atoms with van der Waals surface area (Å²) in [7, 11) is 0. The number of allylic oxidation sites excluding steroid dienone is 5. The molecule has 1 N–H and O–H groups in total. The first kappa shape index (κ1) is 25.7. The molecule has 0 radical (unpaired) electrons. The average molecular weight is 415 g/mol. The van der Waals surface area contributed by atoms with E-state index in [2.05, 4.69) is 37.8 Å². The molecule has 1 atom stereocenters. The van der Waals surface area contributed by atoms with Gasteiger partial charge in [0.1, 0.15) is 0 Å². The number of nitroso groups, excluding NO2 is 1. The van der Waals surface area contributed by atoms with Gasteiger partial charge in [-0.1, -0.05) is 51.3 Å². The molecule has 0 aliphatic heterocycles. The molecule has 0 spiro atoms. The predicted octanol–water partition coefficient (Wildman–Crippen LogP) is 6.18. The van der Waals surface area contributed by atoms with Crippen LogP contribution in [0.2, 0.25) is 0 Å². The number of carbonyl (C=O) groups excluding carboxylic acids is 2. The Hall–Kier alpha value is -2.30.